The van der Waals surface area contributed by atoms with Crippen LogP contribution in [0.5, 0.6) is 0 Å². The molecular weight excluding hydrogens is 324 g/mol. The largest absolute Gasteiger partial charge is 0.378 e. The summed E-state index contributed by atoms with van der Waals surface area (Å²) in [4.78, 5) is 12.5. The van der Waals surface area contributed by atoms with E-state index in [1.54, 1.807) is 17.8 Å². The zero-order valence-corrected chi connectivity index (χ0v) is 15.0. The Morgan fingerprint density at radius 3 is 2.58 bits per heavy atom. The highest BCUT2D eigenvalue weighted by atomic mass is 16.1. The molecule has 1 fully saturated rings. The summed E-state index contributed by atoms with van der Waals surface area (Å²) in [5.74, 6) is 0.634. The Bertz CT molecular complexity index is 907. The highest BCUT2D eigenvalue weighted by Crippen LogP contribution is 2.33. The number of H-pyrrole nitrogens is 1. The van der Waals surface area contributed by atoms with Gasteiger partial charge in [0.1, 0.15) is 5.69 Å². The molecule has 2 N–H and O–H groups in total. The average molecular weight is 348 g/mol. The number of pyridine rings is 1. The fourth-order valence-electron chi connectivity index (χ4n) is 3.90. The molecule has 0 aliphatic heterocycles. The topological polar surface area (TPSA) is 62.7 Å². The second kappa shape index (κ2) is 7.20. The van der Waals surface area contributed by atoms with Crippen LogP contribution in [0.4, 0.5) is 5.69 Å². The maximum atomic E-state index is 12.5. The van der Waals surface area contributed by atoms with Crippen LogP contribution in [0.15, 0.2) is 59.8 Å². The van der Waals surface area contributed by atoms with Crippen LogP contribution < -0.4 is 10.9 Å². The lowest BCUT2D eigenvalue weighted by Crippen LogP contribution is -2.30. The van der Waals surface area contributed by atoms with Gasteiger partial charge in [0.2, 0.25) is 0 Å². The first-order valence-electron chi connectivity index (χ1n) is 9.22. The van der Waals surface area contributed by atoms with Gasteiger partial charge in [-0.3, -0.25) is 9.89 Å². The van der Waals surface area contributed by atoms with Gasteiger partial charge in [-0.05, 0) is 43.2 Å². The lowest BCUT2D eigenvalue weighted by atomic mass is 9.82. The van der Waals surface area contributed by atoms with E-state index in [0.29, 0.717) is 17.6 Å². The van der Waals surface area contributed by atoms with Crippen molar-refractivity contribution in [1.82, 2.24) is 14.8 Å². The third kappa shape index (κ3) is 3.43. The second-order valence-electron chi connectivity index (χ2n) is 7.15. The molecule has 0 atom stereocenters. The summed E-state index contributed by atoms with van der Waals surface area (Å²) in [5, 5.41) is 10.3. The second-order valence-corrected chi connectivity index (χ2v) is 7.15. The van der Waals surface area contributed by atoms with Gasteiger partial charge >= 0.3 is 0 Å². The third-order valence-corrected chi connectivity index (χ3v) is 5.37. The first-order chi connectivity index (χ1) is 12.7. The number of nitrogens with zero attached hydrogens (tertiary/aromatic N) is 2. The smallest absolute Gasteiger partial charge is 0.273 e. The van der Waals surface area contributed by atoms with Gasteiger partial charge < -0.3 is 9.88 Å². The van der Waals surface area contributed by atoms with E-state index in [-0.39, 0.29) is 5.56 Å². The van der Waals surface area contributed by atoms with Crippen LogP contribution in [0.3, 0.4) is 0 Å². The average Bonchev–Trinajstić information content (AvgIpc) is 3.21. The van der Waals surface area contributed by atoms with Gasteiger partial charge in [-0.15, -0.1) is 0 Å². The van der Waals surface area contributed by atoms with Gasteiger partial charge in [-0.25, -0.2) is 0 Å². The highest BCUT2D eigenvalue weighted by molar-refractivity contribution is 5.65. The normalized spacial score (nSPS) is 20.0. The molecule has 2 heterocycles. The minimum atomic E-state index is 0.0161. The molecule has 0 bridgehead atoms. The van der Waals surface area contributed by atoms with Crippen LogP contribution in [-0.4, -0.2) is 20.8 Å². The van der Waals surface area contributed by atoms with Crippen LogP contribution in [-0.2, 0) is 7.05 Å². The molecule has 5 heteroatoms. The van der Waals surface area contributed by atoms with Crippen LogP contribution in [0, 0.1) is 0 Å². The predicted octanol–water partition coefficient (Wildman–Crippen LogP) is 3.91. The Labute approximate surface area is 153 Å². The summed E-state index contributed by atoms with van der Waals surface area (Å²) in [6.45, 7) is 0. The molecule has 0 amide bonds. The monoisotopic (exact) mass is 348 g/mol. The van der Waals surface area contributed by atoms with Gasteiger partial charge in [0, 0.05) is 36.6 Å². The number of hydrogen-bond donors (Lipinski definition) is 2. The standard InChI is InChI=1S/C21H24N4O/c1-25-14-17(18-12-22-23-13-18)11-20(21(25)26)24-19-9-7-16(8-10-19)15-5-3-2-4-6-15/h2-6,11-14,16,19,24H,7-10H2,1H3,(H,22,23)/t16-,19+. The first kappa shape index (κ1) is 16.6. The van der Waals surface area contributed by atoms with Gasteiger partial charge in [-0.2, -0.15) is 5.10 Å². The van der Waals surface area contributed by atoms with Crippen molar-refractivity contribution < 1.29 is 0 Å². The molecule has 1 aliphatic rings. The molecule has 134 valence electrons. The maximum absolute atomic E-state index is 12.5. The van der Waals surface area contributed by atoms with Gasteiger partial charge in [-0.1, -0.05) is 30.3 Å². The Balaban J connectivity index is 1.47. The van der Waals surface area contributed by atoms with E-state index in [4.69, 9.17) is 0 Å². The van der Waals surface area contributed by atoms with E-state index in [1.807, 2.05) is 18.5 Å². The fraction of sp³-hybridized carbons (Fsp3) is 0.333. The van der Waals surface area contributed by atoms with E-state index in [2.05, 4.69) is 45.8 Å². The van der Waals surface area contributed by atoms with Gasteiger partial charge in [0.05, 0.1) is 6.20 Å². The van der Waals surface area contributed by atoms with Crippen molar-refractivity contribution in [3.8, 4) is 11.1 Å². The number of aromatic nitrogens is 3. The Morgan fingerprint density at radius 1 is 1.12 bits per heavy atom. The zero-order chi connectivity index (χ0) is 17.9. The number of benzene rings is 1. The lowest BCUT2D eigenvalue weighted by molar-refractivity contribution is 0.412. The van der Waals surface area contributed by atoms with Crippen molar-refractivity contribution in [1.29, 1.82) is 0 Å². The molecule has 5 nitrogen and oxygen atoms in total. The molecular formula is C21H24N4O. The minimum absolute atomic E-state index is 0.0161. The van der Waals surface area contributed by atoms with Crippen molar-refractivity contribution in [2.45, 2.75) is 37.6 Å². The molecule has 26 heavy (non-hydrogen) atoms. The summed E-state index contributed by atoms with van der Waals surface area (Å²) in [6.07, 6.45) is 9.94. The lowest BCUT2D eigenvalue weighted by Gasteiger charge is -2.30. The summed E-state index contributed by atoms with van der Waals surface area (Å²) in [5.41, 5.74) is 4.10. The van der Waals surface area contributed by atoms with Crippen molar-refractivity contribution >= 4 is 5.69 Å². The van der Waals surface area contributed by atoms with Crippen molar-refractivity contribution in [2.75, 3.05) is 5.32 Å². The number of aryl methyl sites for hydroxylation is 1. The summed E-state index contributed by atoms with van der Waals surface area (Å²) < 4.78 is 1.64. The maximum Gasteiger partial charge on any atom is 0.273 e. The molecule has 0 radical (unpaired) electrons. The number of nitrogens with one attached hydrogen (secondary N) is 2. The van der Waals surface area contributed by atoms with Gasteiger partial charge in [0.25, 0.3) is 5.56 Å². The minimum Gasteiger partial charge on any atom is -0.378 e. The number of rotatable bonds is 4. The summed E-state index contributed by atoms with van der Waals surface area (Å²) in [6, 6.07) is 13.0. The molecule has 1 aliphatic carbocycles. The summed E-state index contributed by atoms with van der Waals surface area (Å²) >= 11 is 0. The number of hydrogen-bond acceptors (Lipinski definition) is 3. The quantitative estimate of drug-likeness (QED) is 0.751. The van der Waals surface area contributed by atoms with E-state index >= 15 is 0 Å². The zero-order valence-electron chi connectivity index (χ0n) is 15.0. The third-order valence-electron chi connectivity index (χ3n) is 5.37. The van der Waals surface area contributed by atoms with Crippen molar-refractivity contribution in [3.05, 3.63) is 70.9 Å². The van der Waals surface area contributed by atoms with Gasteiger partial charge in [0.15, 0.2) is 0 Å². The van der Waals surface area contributed by atoms with E-state index in [9.17, 15) is 4.79 Å². The number of aromatic amines is 1. The Morgan fingerprint density at radius 2 is 1.88 bits per heavy atom. The number of anilines is 1. The summed E-state index contributed by atoms with van der Waals surface area (Å²) in [7, 11) is 1.80. The van der Waals surface area contributed by atoms with E-state index < -0.39 is 0 Å². The fourth-order valence-corrected chi connectivity index (χ4v) is 3.90. The van der Waals surface area contributed by atoms with E-state index in [1.165, 1.54) is 5.56 Å². The molecule has 4 rings (SSSR count). The Hall–Kier alpha value is -2.82. The van der Waals surface area contributed by atoms with Crippen LogP contribution in [0.1, 0.15) is 37.2 Å². The van der Waals surface area contributed by atoms with Crippen molar-refractivity contribution in [3.63, 3.8) is 0 Å². The molecule has 1 aromatic carbocycles. The molecule has 0 spiro atoms. The van der Waals surface area contributed by atoms with Crippen LogP contribution in [0.2, 0.25) is 0 Å². The van der Waals surface area contributed by atoms with Crippen LogP contribution >= 0.6 is 0 Å². The predicted molar refractivity (Wildman–Crippen MR) is 104 cm³/mol. The van der Waals surface area contributed by atoms with Crippen LogP contribution in [0.25, 0.3) is 11.1 Å². The van der Waals surface area contributed by atoms with E-state index in [0.717, 1.165) is 36.8 Å². The molecule has 2 aromatic heterocycles. The SMILES string of the molecule is Cn1cc(-c2cn[nH]c2)cc(N[C@H]2CC[C@@H](c3ccccc3)CC2)c1=O. The molecule has 0 saturated heterocycles. The van der Waals surface area contributed by atoms with Crippen molar-refractivity contribution in [2.24, 2.45) is 7.05 Å². The highest BCUT2D eigenvalue weighted by Gasteiger charge is 2.23. The molecule has 0 unspecified atom stereocenters. The Kier molecular flexibility index (Phi) is 4.61. The first-order valence-corrected chi connectivity index (χ1v) is 9.22. The molecule has 1 saturated carbocycles. The molecule has 3 aromatic rings.